The number of thioether (sulfide) groups is 1. The highest BCUT2D eigenvalue weighted by Crippen LogP contribution is 2.20. The molecule has 3 atom stereocenters. The Morgan fingerprint density at radius 3 is 2.20 bits per heavy atom. The number of carboxylic acid groups (broad SMARTS) is 1. The van der Waals surface area contributed by atoms with E-state index in [1.807, 2.05) is 18.2 Å². The number of benzene rings is 2. The predicted molar refractivity (Wildman–Crippen MR) is 204 cm³/mol. The molecule has 6 amide bonds. The van der Waals surface area contributed by atoms with Crippen LogP contribution in [0.3, 0.4) is 0 Å². The van der Waals surface area contributed by atoms with Gasteiger partial charge in [0.15, 0.2) is 0 Å². The number of fused-ring (bicyclic) bond motifs is 1. The van der Waals surface area contributed by atoms with Gasteiger partial charge in [0.05, 0.1) is 6.42 Å². The first kappa shape index (κ1) is 42.6. The molecule has 1 aromatic heterocycles. The van der Waals surface area contributed by atoms with Gasteiger partial charge in [-0.25, -0.2) is 4.79 Å². The second-order valence-electron chi connectivity index (χ2n) is 13.2. The van der Waals surface area contributed by atoms with Gasteiger partial charge < -0.3 is 47.1 Å². The van der Waals surface area contributed by atoms with E-state index >= 15 is 0 Å². The van der Waals surface area contributed by atoms with Crippen molar-refractivity contribution in [2.24, 2.45) is 5.73 Å². The molecule has 2 aromatic carbocycles. The van der Waals surface area contributed by atoms with E-state index in [1.165, 1.54) is 17.8 Å². The van der Waals surface area contributed by atoms with Crippen LogP contribution in [0.2, 0.25) is 0 Å². The van der Waals surface area contributed by atoms with Crippen molar-refractivity contribution in [1.29, 1.82) is 0 Å². The van der Waals surface area contributed by atoms with Crippen LogP contribution in [0, 0.1) is 0 Å². The van der Waals surface area contributed by atoms with Gasteiger partial charge in [-0.3, -0.25) is 28.8 Å². The topological polar surface area (TPSA) is 251 Å². The summed E-state index contributed by atoms with van der Waals surface area (Å²) in [4.78, 5) is 93.0. The first-order valence-corrected chi connectivity index (χ1v) is 18.5. The van der Waals surface area contributed by atoms with Gasteiger partial charge in [0.1, 0.15) is 29.4 Å². The number of nitrogens with two attached hydrogens (primary N) is 1. The number of para-hydroxylation sites is 1. The molecule has 0 radical (unpaired) electrons. The lowest BCUT2D eigenvalue weighted by atomic mass is 10.0. The highest BCUT2D eigenvalue weighted by Gasteiger charge is 2.31. The van der Waals surface area contributed by atoms with E-state index in [1.54, 1.807) is 69.6 Å². The summed E-state index contributed by atoms with van der Waals surface area (Å²) < 4.78 is 5.19. The van der Waals surface area contributed by atoms with Crippen LogP contribution in [0.1, 0.15) is 51.2 Å². The van der Waals surface area contributed by atoms with Gasteiger partial charge >= 0.3 is 12.1 Å². The molecular formula is C37H47N7O9S. The molecule has 16 nitrogen and oxygen atoms in total. The Kier molecular flexibility index (Phi) is 16.1. The first-order chi connectivity index (χ1) is 25.6. The molecule has 0 saturated carbocycles. The molecule has 3 rings (SSSR count). The van der Waals surface area contributed by atoms with Crippen molar-refractivity contribution in [2.75, 3.05) is 18.6 Å². The SMILES string of the molecule is CSCC[C@H](NC(=O)/C(=C/c1c[nH]c2ccccc12)NC(=O)CCNC(=O)OC(C)(C)C)C(=O)N[C@@H](CC(=O)O)C(=O)N[C@@H](Cc1ccccc1)C(N)=O. The number of nitrogens with one attached hydrogen (secondary N) is 6. The molecule has 0 aliphatic heterocycles. The fourth-order valence-corrected chi connectivity index (χ4v) is 5.55. The Labute approximate surface area is 316 Å². The first-order valence-electron chi connectivity index (χ1n) is 17.1. The quantitative estimate of drug-likeness (QED) is 0.0824. The standard InChI is InChI=1S/C37H47N7O9S/c1-37(2,3)53-36(52)39-16-14-30(45)41-28(19-23-21-40-25-13-9-8-12-24(23)25)34(50)42-26(15-17-54-4)33(49)44-29(20-31(46)47)35(51)43-27(32(38)48)18-22-10-6-5-7-11-22/h5-13,19,21,26-27,29,40H,14-18,20H2,1-4H3,(H2,38,48)(H,39,52)(H,41,45)(H,42,50)(H,43,51)(H,44,49)(H,46,47)/b28-19-/t26-,27-,29-/m0/s1. The number of aromatic amines is 1. The van der Waals surface area contributed by atoms with E-state index in [-0.39, 0.29) is 31.5 Å². The number of amides is 6. The molecule has 9 N–H and O–H groups in total. The van der Waals surface area contributed by atoms with E-state index in [2.05, 4.69) is 31.6 Å². The lowest BCUT2D eigenvalue weighted by molar-refractivity contribution is -0.141. The molecule has 0 bridgehead atoms. The highest BCUT2D eigenvalue weighted by atomic mass is 32.2. The minimum atomic E-state index is -1.64. The van der Waals surface area contributed by atoms with Crippen molar-refractivity contribution < 1.29 is 43.4 Å². The summed E-state index contributed by atoms with van der Waals surface area (Å²) in [5.74, 6) is -5.23. The number of H-pyrrole nitrogens is 1. The van der Waals surface area contributed by atoms with Gasteiger partial charge in [-0.1, -0.05) is 48.5 Å². The van der Waals surface area contributed by atoms with E-state index in [4.69, 9.17) is 10.5 Å². The van der Waals surface area contributed by atoms with Crippen LogP contribution in [0.15, 0.2) is 66.5 Å². The largest absolute Gasteiger partial charge is 0.481 e. The molecule has 1 heterocycles. The number of rotatable bonds is 19. The molecule has 290 valence electrons. The Hall–Kier alpha value is -5.84. The van der Waals surface area contributed by atoms with E-state index < -0.39 is 71.7 Å². The minimum Gasteiger partial charge on any atom is -0.481 e. The fraction of sp³-hybridized carbons (Fsp3) is 0.378. The zero-order chi connectivity index (χ0) is 39.8. The monoisotopic (exact) mass is 765 g/mol. The number of aliphatic carboxylic acids is 1. The summed E-state index contributed by atoms with van der Waals surface area (Å²) >= 11 is 1.37. The summed E-state index contributed by atoms with van der Waals surface area (Å²) in [7, 11) is 0. The smallest absolute Gasteiger partial charge is 0.407 e. The maximum absolute atomic E-state index is 13.8. The number of carbonyl (C=O) groups is 7. The van der Waals surface area contributed by atoms with Crippen LogP contribution >= 0.6 is 11.8 Å². The van der Waals surface area contributed by atoms with Crippen LogP contribution in [0.25, 0.3) is 17.0 Å². The Bertz CT molecular complexity index is 1840. The third-order valence-electron chi connectivity index (χ3n) is 7.65. The second kappa shape index (κ2) is 20.4. The molecule has 0 saturated heterocycles. The third-order valence-corrected chi connectivity index (χ3v) is 8.29. The maximum Gasteiger partial charge on any atom is 0.407 e. The van der Waals surface area contributed by atoms with Crippen molar-refractivity contribution in [1.82, 2.24) is 31.6 Å². The summed E-state index contributed by atoms with van der Waals surface area (Å²) in [6.45, 7) is 4.98. The zero-order valence-electron chi connectivity index (χ0n) is 30.5. The number of alkyl carbamates (subject to hydrolysis) is 1. The molecule has 0 spiro atoms. The number of primary amides is 1. The molecule has 54 heavy (non-hydrogen) atoms. The van der Waals surface area contributed by atoms with Crippen molar-refractivity contribution in [2.45, 2.75) is 70.2 Å². The molecule has 0 fully saturated rings. The summed E-state index contributed by atoms with van der Waals surface area (Å²) in [6, 6.07) is 11.8. The van der Waals surface area contributed by atoms with Gasteiger partial charge in [-0.05, 0) is 56.9 Å². The molecule has 0 unspecified atom stereocenters. The zero-order valence-corrected chi connectivity index (χ0v) is 31.3. The number of ether oxygens (including phenoxy) is 1. The fourth-order valence-electron chi connectivity index (χ4n) is 5.07. The molecule has 0 aliphatic rings. The Morgan fingerprint density at radius 1 is 0.907 bits per heavy atom. The lowest BCUT2D eigenvalue weighted by Gasteiger charge is -2.24. The van der Waals surface area contributed by atoms with Crippen molar-refractivity contribution in [3.05, 3.63) is 77.6 Å². The molecular weight excluding hydrogens is 719 g/mol. The van der Waals surface area contributed by atoms with Gasteiger partial charge in [-0.15, -0.1) is 0 Å². The van der Waals surface area contributed by atoms with Crippen molar-refractivity contribution >= 4 is 70.3 Å². The van der Waals surface area contributed by atoms with E-state index in [0.717, 1.165) is 10.9 Å². The normalized spacial score (nSPS) is 13.1. The van der Waals surface area contributed by atoms with Crippen LogP contribution in [0.5, 0.6) is 0 Å². The molecule has 3 aromatic rings. The summed E-state index contributed by atoms with van der Waals surface area (Å²) in [5, 5.41) is 22.8. The second-order valence-corrected chi connectivity index (χ2v) is 14.2. The average Bonchev–Trinajstić information content (AvgIpc) is 3.51. The van der Waals surface area contributed by atoms with Crippen LogP contribution in [-0.4, -0.2) is 94.0 Å². The predicted octanol–water partition coefficient (Wildman–Crippen LogP) is 1.95. The van der Waals surface area contributed by atoms with Crippen LogP contribution < -0.4 is 32.3 Å². The van der Waals surface area contributed by atoms with Crippen molar-refractivity contribution in [3.63, 3.8) is 0 Å². The van der Waals surface area contributed by atoms with Crippen LogP contribution in [0.4, 0.5) is 4.79 Å². The van der Waals surface area contributed by atoms with Gasteiger partial charge in [0, 0.05) is 42.0 Å². The average molecular weight is 766 g/mol. The Balaban J connectivity index is 1.82. The minimum absolute atomic E-state index is 0.0242. The molecule has 17 heteroatoms. The van der Waals surface area contributed by atoms with E-state index in [9.17, 15) is 38.7 Å². The summed E-state index contributed by atoms with van der Waals surface area (Å²) in [6.07, 6.45) is 3.14. The lowest BCUT2D eigenvalue weighted by Crippen LogP contribution is -2.57. The summed E-state index contributed by atoms with van der Waals surface area (Å²) in [5.41, 5.74) is 6.55. The number of aromatic nitrogens is 1. The number of hydrogen-bond acceptors (Lipinski definition) is 9. The number of carbonyl (C=O) groups excluding carboxylic acids is 6. The van der Waals surface area contributed by atoms with E-state index in [0.29, 0.717) is 16.9 Å². The number of hydrogen-bond donors (Lipinski definition) is 8. The highest BCUT2D eigenvalue weighted by molar-refractivity contribution is 7.98. The number of carboxylic acids is 1. The van der Waals surface area contributed by atoms with Gasteiger partial charge in [0.25, 0.3) is 5.91 Å². The Morgan fingerprint density at radius 2 is 1.56 bits per heavy atom. The third kappa shape index (κ3) is 14.3. The van der Waals surface area contributed by atoms with Crippen molar-refractivity contribution in [3.8, 4) is 0 Å². The van der Waals surface area contributed by atoms with Gasteiger partial charge in [-0.2, -0.15) is 11.8 Å². The van der Waals surface area contributed by atoms with Crippen LogP contribution in [-0.2, 0) is 39.9 Å². The molecule has 0 aliphatic carbocycles. The maximum atomic E-state index is 13.8. The van der Waals surface area contributed by atoms with Gasteiger partial charge in [0.2, 0.25) is 23.6 Å².